The number of amides is 1. The van der Waals surface area contributed by atoms with E-state index in [4.69, 9.17) is 0 Å². The minimum Gasteiger partial charge on any atom is -0.469 e. The largest absolute Gasteiger partial charge is 0.469 e. The molecule has 0 aromatic carbocycles. The molecule has 1 aromatic heterocycles. The molecule has 2 heterocycles. The van der Waals surface area contributed by atoms with Crippen molar-refractivity contribution in [1.29, 1.82) is 0 Å². The summed E-state index contributed by atoms with van der Waals surface area (Å²) >= 11 is 1.50. The van der Waals surface area contributed by atoms with Crippen molar-refractivity contribution in [3.05, 3.63) is 11.1 Å². The Bertz CT molecular complexity index is 475. The highest BCUT2D eigenvalue weighted by atomic mass is 32.1. The van der Waals surface area contributed by atoms with Gasteiger partial charge in [-0.3, -0.25) is 9.59 Å². The highest BCUT2D eigenvalue weighted by molar-refractivity contribution is 7.13. The van der Waals surface area contributed by atoms with Crippen LogP contribution in [0, 0.1) is 0 Å². The van der Waals surface area contributed by atoms with Gasteiger partial charge in [-0.1, -0.05) is 0 Å². The molecule has 1 aliphatic rings. The standard InChI is InChI=1S/C12H17N3O3S/c1-8-11(17)13-5-6-15(8)12-14-9(7-19-12)3-4-10(16)18-2/h7-8H,3-6H2,1-2H3,(H,13,17). The molecule has 0 spiro atoms. The molecule has 1 N–H and O–H groups in total. The van der Waals surface area contributed by atoms with Crippen LogP contribution < -0.4 is 10.2 Å². The maximum absolute atomic E-state index is 11.6. The minimum absolute atomic E-state index is 0.0255. The van der Waals surface area contributed by atoms with Gasteiger partial charge in [-0.25, -0.2) is 4.98 Å². The number of hydrogen-bond acceptors (Lipinski definition) is 6. The second kappa shape index (κ2) is 6.01. The molecule has 0 radical (unpaired) electrons. The van der Waals surface area contributed by atoms with Crippen molar-refractivity contribution in [1.82, 2.24) is 10.3 Å². The second-order valence-corrected chi connectivity index (χ2v) is 5.19. The lowest BCUT2D eigenvalue weighted by atomic mass is 10.2. The van der Waals surface area contributed by atoms with Crippen LogP contribution in [0.4, 0.5) is 5.13 Å². The van der Waals surface area contributed by atoms with Crippen molar-refractivity contribution < 1.29 is 14.3 Å². The minimum atomic E-state index is -0.236. The molecule has 1 aromatic rings. The fraction of sp³-hybridized carbons (Fsp3) is 0.583. The number of carbonyl (C=O) groups excluding carboxylic acids is 2. The topological polar surface area (TPSA) is 71.5 Å². The maximum Gasteiger partial charge on any atom is 0.305 e. The summed E-state index contributed by atoms with van der Waals surface area (Å²) < 4.78 is 4.60. The van der Waals surface area contributed by atoms with Crippen LogP contribution >= 0.6 is 11.3 Å². The monoisotopic (exact) mass is 283 g/mol. The van der Waals surface area contributed by atoms with Crippen LogP contribution in [0.25, 0.3) is 0 Å². The molecular formula is C12H17N3O3S. The molecule has 104 valence electrons. The average molecular weight is 283 g/mol. The molecule has 0 bridgehead atoms. The number of methoxy groups -OCH3 is 1. The van der Waals surface area contributed by atoms with E-state index in [0.717, 1.165) is 17.4 Å². The van der Waals surface area contributed by atoms with E-state index in [2.05, 4.69) is 15.0 Å². The van der Waals surface area contributed by atoms with E-state index >= 15 is 0 Å². The highest BCUT2D eigenvalue weighted by Gasteiger charge is 2.27. The van der Waals surface area contributed by atoms with Crippen LogP contribution in [0.3, 0.4) is 0 Å². The van der Waals surface area contributed by atoms with Crippen LogP contribution in [-0.2, 0) is 20.7 Å². The molecule has 2 rings (SSSR count). The lowest BCUT2D eigenvalue weighted by Crippen LogP contribution is -2.54. The van der Waals surface area contributed by atoms with Crippen molar-refractivity contribution in [3.63, 3.8) is 0 Å². The Morgan fingerprint density at radius 2 is 2.47 bits per heavy atom. The molecule has 1 amide bonds. The predicted molar refractivity (Wildman–Crippen MR) is 72.3 cm³/mol. The van der Waals surface area contributed by atoms with Crippen molar-refractivity contribution in [2.24, 2.45) is 0 Å². The number of rotatable bonds is 4. The normalized spacial score (nSPS) is 19.2. The summed E-state index contributed by atoms with van der Waals surface area (Å²) in [4.78, 5) is 29.2. The second-order valence-electron chi connectivity index (χ2n) is 4.36. The molecule has 1 saturated heterocycles. The molecule has 19 heavy (non-hydrogen) atoms. The molecule has 1 atom stereocenters. The number of thiazole rings is 1. The summed E-state index contributed by atoms with van der Waals surface area (Å²) in [6.45, 7) is 3.27. The van der Waals surface area contributed by atoms with Gasteiger partial charge >= 0.3 is 5.97 Å². The van der Waals surface area contributed by atoms with E-state index in [9.17, 15) is 9.59 Å². The van der Waals surface area contributed by atoms with E-state index in [1.807, 2.05) is 17.2 Å². The zero-order chi connectivity index (χ0) is 13.8. The van der Waals surface area contributed by atoms with Crippen LogP contribution in [0.1, 0.15) is 19.0 Å². The lowest BCUT2D eigenvalue weighted by molar-refractivity contribution is -0.140. The Morgan fingerprint density at radius 1 is 1.68 bits per heavy atom. The molecular weight excluding hydrogens is 266 g/mol. The molecule has 7 heteroatoms. The quantitative estimate of drug-likeness (QED) is 0.818. The van der Waals surface area contributed by atoms with Gasteiger partial charge in [-0.15, -0.1) is 11.3 Å². The van der Waals surface area contributed by atoms with Gasteiger partial charge < -0.3 is 15.0 Å². The average Bonchev–Trinajstić information content (AvgIpc) is 2.87. The first-order valence-corrected chi connectivity index (χ1v) is 7.05. The molecule has 0 aliphatic carbocycles. The first-order chi connectivity index (χ1) is 9.11. The smallest absolute Gasteiger partial charge is 0.305 e. The number of anilines is 1. The van der Waals surface area contributed by atoms with Crippen molar-refractivity contribution in [2.75, 3.05) is 25.1 Å². The van der Waals surface area contributed by atoms with E-state index in [1.54, 1.807) is 0 Å². The number of aryl methyl sites for hydroxylation is 1. The van der Waals surface area contributed by atoms with Gasteiger partial charge in [-0.05, 0) is 6.92 Å². The molecule has 1 fully saturated rings. The number of ether oxygens (including phenoxy) is 1. The summed E-state index contributed by atoms with van der Waals surface area (Å²) in [5.41, 5.74) is 0.864. The number of hydrogen-bond donors (Lipinski definition) is 1. The Hall–Kier alpha value is -1.63. The molecule has 1 aliphatic heterocycles. The Balaban J connectivity index is 2.00. The maximum atomic E-state index is 11.6. The number of aromatic nitrogens is 1. The fourth-order valence-electron chi connectivity index (χ4n) is 1.92. The molecule has 1 unspecified atom stereocenters. The summed E-state index contributed by atoms with van der Waals surface area (Å²) in [6.07, 6.45) is 0.896. The Kier molecular flexibility index (Phi) is 4.36. The van der Waals surface area contributed by atoms with Crippen molar-refractivity contribution in [3.8, 4) is 0 Å². The molecule has 0 saturated carbocycles. The molecule has 6 nitrogen and oxygen atoms in total. The lowest BCUT2D eigenvalue weighted by Gasteiger charge is -2.32. The predicted octanol–water partition coefficient (Wildman–Crippen LogP) is 0.573. The fourth-order valence-corrected chi connectivity index (χ4v) is 2.89. The summed E-state index contributed by atoms with van der Waals surface area (Å²) in [6, 6.07) is -0.201. The van der Waals surface area contributed by atoms with Gasteiger partial charge in [0.2, 0.25) is 5.91 Å². The van der Waals surface area contributed by atoms with Crippen molar-refractivity contribution in [2.45, 2.75) is 25.8 Å². The van der Waals surface area contributed by atoms with Crippen LogP contribution in [-0.4, -0.2) is 43.1 Å². The van der Waals surface area contributed by atoms with Gasteiger partial charge in [0.25, 0.3) is 0 Å². The van der Waals surface area contributed by atoms with Gasteiger partial charge in [0.15, 0.2) is 5.13 Å². The van der Waals surface area contributed by atoms with Gasteiger partial charge in [0.05, 0.1) is 19.2 Å². The first kappa shape index (κ1) is 13.8. The summed E-state index contributed by atoms with van der Waals surface area (Å²) in [7, 11) is 1.38. The van der Waals surface area contributed by atoms with E-state index in [0.29, 0.717) is 19.4 Å². The SMILES string of the molecule is COC(=O)CCc1csc(N2CCNC(=O)C2C)n1. The highest BCUT2D eigenvalue weighted by Crippen LogP contribution is 2.24. The number of carbonyl (C=O) groups is 2. The number of esters is 1. The van der Waals surface area contributed by atoms with Gasteiger partial charge in [-0.2, -0.15) is 0 Å². The van der Waals surface area contributed by atoms with E-state index in [1.165, 1.54) is 18.4 Å². The van der Waals surface area contributed by atoms with Crippen LogP contribution in [0.15, 0.2) is 5.38 Å². The number of piperazine rings is 1. The van der Waals surface area contributed by atoms with Gasteiger partial charge in [0.1, 0.15) is 6.04 Å². The van der Waals surface area contributed by atoms with Gasteiger partial charge in [0, 0.05) is 24.9 Å². The third-order valence-electron chi connectivity index (χ3n) is 3.10. The zero-order valence-corrected chi connectivity index (χ0v) is 11.8. The van der Waals surface area contributed by atoms with Crippen LogP contribution in [0.5, 0.6) is 0 Å². The third-order valence-corrected chi connectivity index (χ3v) is 4.02. The summed E-state index contributed by atoms with van der Waals surface area (Å²) in [5.74, 6) is -0.210. The van der Waals surface area contributed by atoms with Crippen LogP contribution in [0.2, 0.25) is 0 Å². The third kappa shape index (κ3) is 3.23. The Labute approximate surface area is 115 Å². The number of nitrogens with zero attached hydrogens (tertiary/aromatic N) is 2. The zero-order valence-electron chi connectivity index (χ0n) is 11.0. The Morgan fingerprint density at radius 3 is 3.21 bits per heavy atom. The van der Waals surface area contributed by atoms with Crippen molar-refractivity contribution >= 4 is 28.3 Å². The summed E-state index contributed by atoms with van der Waals surface area (Å²) in [5, 5.41) is 5.58. The van der Waals surface area contributed by atoms with E-state index < -0.39 is 0 Å². The first-order valence-electron chi connectivity index (χ1n) is 6.17. The number of nitrogens with one attached hydrogen (secondary N) is 1. The van der Waals surface area contributed by atoms with E-state index in [-0.39, 0.29) is 17.9 Å².